The Labute approximate surface area is 155 Å². The minimum absolute atomic E-state index is 0. The summed E-state index contributed by atoms with van der Waals surface area (Å²) in [5, 5.41) is 11.2. The summed E-state index contributed by atoms with van der Waals surface area (Å²) in [6.45, 7) is 6.83. The highest BCUT2D eigenvalue weighted by Gasteiger charge is 2.41. The SMILES string of the molecule is CCN(CC)CCOC(=O)C(O)(c1ccccc1)c1ccccc1.[Cl-]. The van der Waals surface area contributed by atoms with Crippen molar-refractivity contribution >= 4 is 5.97 Å². The van der Waals surface area contributed by atoms with Gasteiger partial charge < -0.3 is 27.2 Å². The van der Waals surface area contributed by atoms with Crippen LogP contribution in [0.5, 0.6) is 0 Å². The van der Waals surface area contributed by atoms with Gasteiger partial charge in [-0.15, -0.1) is 0 Å². The monoisotopic (exact) mass is 362 g/mol. The second kappa shape index (κ2) is 10.2. The van der Waals surface area contributed by atoms with Gasteiger partial charge in [-0.05, 0) is 24.2 Å². The topological polar surface area (TPSA) is 49.8 Å². The van der Waals surface area contributed by atoms with E-state index in [9.17, 15) is 9.90 Å². The zero-order chi connectivity index (χ0) is 17.4. The van der Waals surface area contributed by atoms with Crippen molar-refractivity contribution in [3.05, 3.63) is 71.8 Å². The van der Waals surface area contributed by atoms with Gasteiger partial charge in [-0.2, -0.15) is 0 Å². The summed E-state index contributed by atoms with van der Waals surface area (Å²) >= 11 is 0. The van der Waals surface area contributed by atoms with Crippen LogP contribution in [0.2, 0.25) is 0 Å². The van der Waals surface area contributed by atoms with E-state index in [4.69, 9.17) is 4.74 Å². The molecule has 0 aliphatic heterocycles. The number of rotatable bonds is 8. The van der Waals surface area contributed by atoms with Crippen LogP contribution in [-0.4, -0.2) is 42.2 Å². The lowest BCUT2D eigenvalue weighted by molar-refractivity contribution is -0.162. The fraction of sp³-hybridized carbons (Fsp3) is 0.350. The van der Waals surface area contributed by atoms with Crippen molar-refractivity contribution in [2.75, 3.05) is 26.2 Å². The molecule has 0 atom stereocenters. The van der Waals surface area contributed by atoms with E-state index in [0.29, 0.717) is 17.7 Å². The maximum atomic E-state index is 12.7. The lowest BCUT2D eigenvalue weighted by Crippen LogP contribution is -3.00. The maximum Gasteiger partial charge on any atom is 0.347 e. The number of hydrogen-bond donors (Lipinski definition) is 1. The van der Waals surface area contributed by atoms with Crippen LogP contribution in [0.4, 0.5) is 0 Å². The molecule has 136 valence electrons. The number of carbonyl (C=O) groups is 1. The second-order valence-electron chi connectivity index (χ2n) is 5.61. The predicted octanol–water partition coefficient (Wildman–Crippen LogP) is -0.188. The standard InChI is InChI=1S/C20H25NO3.ClH/c1-3-21(4-2)15-16-24-19(22)20(23,17-11-7-5-8-12-17)18-13-9-6-10-14-18;/h5-14,23H,3-4,15-16H2,1-2H3;1H/p-1. The lowest BCUT2D eigenvalue weighted by Gasteiger charge is -2.27. The van der Waals surface area contributed by atoms with Gasteiger partial charge in [-0.25, -0.2) is 4.79 Å². The van der Waals surface area contributed by atoms with Crippen molar-refractivity contribution in [1.29, 1.82) is 0 Å². The van der Waals surface area contributed by atoms with Crippen molar-refractivity contribution in [2.45, 2.75) is 19.4 Å². The van der Waals surface area contributed by atoms with E-state index in [1.54, 1.807) is 48.5 Å². The third-order valence-corrected chi connectivity index (χ3v) is 4.21. The molecule has 25 heavy (non-hydrogen) atoms. The van der Waals surface area contributed by atoms with Crippen LogP contribution < -0.4 is 12.4 Å². The van der Waals surface area contributed by atoms with Gasteiger partial charge in [0.05, 0.1) is 0 Å². The Hall–Kier alpha value is -1.88. The first-order chi connectivity index (χ1) is 11.6. The van der Waals surface area contributed by atoms with Crippen LogP contribution in [0, 0.1) is 0 Å². The predicted molar refractivity (Wildman–Crippen MR) is 94.6 cm³/mol. The highest BCUT2D eigenvalue weighted by Crippen LogP contribution is 2.30. The van der Waals surface area contributed by atoms with Crippen LogP contribution in [0.15, 0.2) is 60.7 Å². The molecule has 0 fully saturated rings. The van der Waals surface area contributed by atoms with Gasteiger partial charge in [0.25, 0.3) is 0 Å². The normalized spacial score (nSPS) is 11.0. The number of ether oxygens (including phenoxy) is 1. The number of nitrogens with zero attached hydrogens (tertiary/aromatic N) is 1. The molecule has 0 spiro atoms. The number of benzene rings is 2. The van der Waals surface area contributed by atoms with Crippen molar-refractivity contribution in [2.24, 2.45) is 0 Å². The lowest BCUT2D eigenvalue weighted by atomic mass is 9.86. The van der Waals surface area contributed by atoms with Gasteiger partial charge in [0, 0.05) is 6.54 Å². The molecule has 5 heteroatoms. The minimum atomic E-state index is -1.80. The molecule has 0 aliphatic carbocycles. The van der Waals surface area contributed by atoms with Crippen LogP contribution >= 0.6 is 0 Å². The number of likely N-dealkylation sites (N-methyl/N-ethyl adjacent to an activating group) is 1. The summed E-state index contributed by atoms with van der Waals surface area (Å²) in [5.74, 6) is -0.646. The number of hydrogen-bond acceptors (Lipinski definition) is 4. The van der Waals surface area contributed by atoms with Gasteiger partial charge in [-0.1, -0.05) is 74.5 Å². The largest absolute Gasteiger partial charge is 1.00 e. The Morgan fingerprint density at radius 2 is 1.40 bits per heavy atom. The molecule has 0 unspecified atom stereocenters. The average Bonchev–Trinajstić information content (AvgIpc) is 2.65. The molecular formula is C20H25ClNO3-. The van der Waals surface area contributed by atoms with Gasteiger partial charge in [-0.3, -0.25) is 0 Å². The third kappa shape index (κ3) is 5.05. The molecule has 2 aromatic rings. The maximum absolute atomic E-state index is 12.7. The van der Waals surface area contributed by atoms with E-state index < -0.39 is 11.6 Å². The van der Waals surface area contributed by atoms with E-state index in [0.717, 1.165) is 13.1 Å². The van der Waals surface area contributed by atoms with Gasteiger partial charge in [0.2, 0.25) is 5.60 Å². The van der Waals surface area contributed by atoms with E-state index in [-0.39, 0.29) is 19.0 Å². The zero-order valence-corrected chi connectivity index (χ0v) is 15.4. The van der Waals surface area contributed by atoms with Gasteiger partial charge >= 0.3 is 5.97 Å². The molecule has 0 aromatic heterocycles. The fourth-order valence-electron chi connectivity index (χ4n) is 2.67. The van der Waals surface area contributed by atoms with Crippen molar-refractivity contribution in [3.8, 4) is 0 Å². The number of esters is 1. The van der Waals surface area contributed by atoms with E-state index >= 15 is 0 Å². The molecule has 2 rings (SSSR count). The van der Waals surface area contributed by atoms with Crippen molar-refractivity contribution in [1.82, 2.24) is 4.90 Å². The van der Waals surface area contributed by atoms with Crippen molar-refractivity contribution < 1.29 is 27.0 Å². The molecule has 2 aromatic carbocycles. The summed E-state index contributed by atoms with van der Waals surface area (Å²) in [7, 11) is 0. The van der Waals surface area contributed by atoms with E-state index in [2.05, 4.69) is 18.7 Å². The molecule has 1 N–H and O–H groups in total. The smallest absolute Gasteiger partial charge is 0.347 e. The summed E-state index contributed by atoms with van der Waals surface area (Å²) in [4.78, 5) is 14.9. The Morgan fingerprint density at radius 1 is 0.960 bits per heavy atom. The number of halogens is 1. The first-order valence-electron chi connectivity index (χ1n) is 8.35. The highest BCUT2D eigenvalue weighted by atomic mass is 35.5. The van der Waals surface area contributed by atoms with E-state index in [1.165, 1.54) is 0 Å². The summed E-state index contributed by atoms with van der Waals surface area (Å²) in [5.41, 5.74) is -0.792. The fourth-order valence-corrected chi connectivity index (χ4v) is 2.67. The molecule has 0 saturated heterocycles. The first kappa shape index (κ1) is 21.2. The van der Waals surface area contributed by atoms with Gasteiger partial charge in [0.15, 0.2) is 0 Å². The molecule has 0 bridgehead atoms. The third-order valence-electron chi connectivity index (χ3n) is 4.21. The van der Waals surface area contributed by atoms with Crippen molar-refractivity contribution in [3.63, 3.8) is 0 Å². The van der Waals surface area contributed by atoms with Crippen LogP contribution in [0.3, 0.4) is 0 Å². The second-order valence-corrected chi connectivity index (χ2v) is 5.61. The molecule has 0 heterocycles. The van der Waals surface area contributed by atoms with E-state index in [1.807, 2.05) is 12.1 Å². The number of aliphatic hydroxyl groups is 1. The Bertz CT molecular complexity index is 590. The van der Waals surface area contributed by atoms with Crippen LogP contribution in [0.25, 0.3) is 0 Å². The first-order valence-corrected chi connectivity index (χ1v) is 8.35. The highest BCUT2D eigenvalue weighted by molar-refractivity contribution is 5.85. The van der Waals surface area contributed by atoms with Crippen LogP contribution in [0.1, 0.15) is 25.0 Å². The average molecular weight is 363 g/mol. The minimum Gasteiger partial charge on any atom is -1.00 e. The molecule has 0 aliphatic rings. The van der Waals surface area contributed by atoms with Gasteiger partial charge in [0.1, 0.15) is 6.61 Å². The summed E-state index contributed by atoms with van der Waals surface area (Å²) in [6, 6.07) is 17.8. The quantitative estimate of drug-likeness (QED) is 0.661. The van der Waals surface area contributed by atoms with Crippen LogP contribution in [-0.2, 0) is 15.1 Å². The molecule has 4 nitrogen and oxygen atoms in total. The summed E-state index contributed by atoms with van der Waals surface area (Å²) in [6.07, 6.45) is 0. The molecule has 0 saturated carbocycles. The Kier molecular flexibility index (Phi) is 8.62. The Morgan fingerprint density at radius 3 is 1.80 bits per heavy atom. The zero-order valence-electron chi connectivity index (χ0n) is 14.7. The molecular weight excluding hydrogens is 338 g/mol. The molecule has 0 radical (unpaired) electrons. The molecule has 0 amide bonds. The summed E-state index contributed by atoms with van der Waals surface area (Å²) < 4.78 is 5.42. The Balaban J connectivity index is 0.00000312. The number of carbonyl (C=O) groups excluding carboxylic acids is 1.